The summed E-state index contributed by atoms with van der Waals surface area (Å²) in [7, 11) is 2.10. The lowest BCUT2D eigenvalue weighted by Gasteiger charge is -2.08. The van der Waals surface area contributed by atoms with Gasteiger partial charge in [0.05, 0.1) is 0 Å². The van der Waals surface area contributed by atoms with E-state index in [1.807, 2.05) is 0 Å². The highest BCUT2D eigenvalue weighted by molar-refractivity contribution is 5.21. The summed E-state index contributed by atoms with van der Waals surface area (Å²) in [6.45, 7) is 6.80. The molecular formula is C13H22N+. The van der Waals surface area contributed by atoms with Gasteiger partial charge in [0.2, 0.25) is 0 Å². The van der Waals surface area contributed by atoms with Crippen molar-refractivity contribution in [2.75, 3.05) is 0 Å². The molecule has 14 heavy (non-hydrogen) atoms. The molecule has 0 aliphatic carbocycles. The van der Waals surface area contributed by atoms with E-state index in [0.29, 0.717) is 0 Å². The van der Waals surface area contributed by atoms with Crippen molar-refractivity contribution in [3.63, 3.8) is 0 Å². The van der Waals surface area contributed by atoms with E-state index in [4.69, 9.17) is 0 Å². The lowest BCUT2D eigenvalue weighted by Crippen LogP contribution is -2.28. The van der Waals surface area contributed by atoms with Crippen molar-refractivity contribution in [1.82, 2.24) is 0 Å². The molecule has 1 aromatic heterocycles. The minimum atomic E-state index is 0.748. The largest absolute Gasteiger partial charge is 0.208 e. The molecular weight excluding hydrogens is 170 g/mol. The number of aromatic nitrogens is 1. The monoisotopic (exact) mass is 192 g/mol. The molecule has 0 aliphatic heterocycles. The molecule has 78 valence electrons. The van der Waals surface area contributed by atoms with Crippen LogP contribution in [0.2, 0.25) is 0 Å². The molecule has 0 amide bonds. The maximum Gasteiger partial charge on any atom is 0.171 e. The average molecular weight is 192 g/mol. The average Bonchev–Trinajstić information content (AvgIpc) is 2.09. The second kappa shape index (κ2) is 5.14. The first-order chi connectivity index (χ1) is 6.63. The van der Waals surface area contributed by atoms with Gasteiger partial charge >= 0.3 is 0 Å². The topological polar surface area (TPSA) is 3.88 Å². The summed E-state index contributed by atoms with van der Waals surface area (Å²) in [6.07, 6.45) is 8.06. The zero-order valence-electron chi connectivity index (χ0n) is 9.88. The quantitative estimate of drug-likeness (QED) is 0.646. The number of hydrogen-bond acceptors (Lipinski definition) is 0. The molecule has 0 aliphatic rings. The Labute approximate surface area is 87.8 Å². The SMILES string of the molecule is CCCc1c[n+](C)ccc1CC(C)C. The van der Waals surface area contributed by atoms with E-state index in [2.05, 4.69) is 50.8 Å². The second-order valence-corrected chi connectivity index (χ2v) is 4.51. The lowest BCUT2D eigenvalue weighted by molar-refractivity contribution is -0.672. The van der Waals surface area contributed by atoms with Gasteiger partial charge in [-0.25, -0.2) is 4.57 Å². The van der Waals surface area contributed by atoms with Crippen molar-refractivity contribution in [1.29, 1.82) is 0 Å². The molecule has 0 bridgehead atoms. The van der Waals surface area contributed by atoms with Crippen molar-refractivity contribution < 1.29 is 4.57 Å². The Bertz CT molecular complexity index is 289. The summed E-state index contributed by atoms with van der Waals surface area (Å²) in [5.41, 5.74) is 3.05. The van der Waals surface area contributed by atoms with Crippen LogP contribution < -0.4 is 4.57 Å². The number of aryl methyl sites for hydroxylation is 2. The van der Waals surface area contributed by atoms with Gasteiger partial charge in [-0.3, -0.25) is 0 Å². The van der Waals surface area contributed by atoms with Crippen LogP contribution in [0.4, 0.5) is 0 Å². The molecule has 0 fully saturated rings. The van der Waals surface area contributed by atoms with Crippen LogP contribution in [0.1, 0.15) is 38.3 Å². The van der Waals surface area contributed by atoms with Crippen molar-refractivity contribution in [2.45, 2.75) is 40.0 Å². The number of pyridine rings is 1. The zero-order chi connectivity index (χ0) is 10.6. The molecule has 1 nitrogen and oxygen atoms in total. The summed E-state index contributed by atoms with van der Waals surface area (Å²) >= 11 is 0. The van der Waals surface area contributed by atoms with E-state index < -0.39 is 0 Å². The fraction of sp³-hybridized carbons (Fsp3) is 0.615. The van der Waals surface area contributed by atoms with E-state index in [-0.39, 0.29) is 0 Å². The Hall–Kier alpha value is -0.850. The van der Waals surface area contributed by atoms with Crippen LogP contribution >= 0.6 is 0 Å². The first-order valence-corrected chi connectivity index (χ1v) is 5.60. The van der Waals surface area contributed by atoms with Crippen molar-refractivity contribution in [3.05, 3.63) is 29.6 Å². The summed E-state index contributed by atoms with van der Waals surface area (Å²) < 4.78 is 2.15. The Kier molecular flexibility index (Phi) is 4.12. The van der Waals surface area contributed by atoms with Crippen molar-refractivity contribution in [3.8, 4) is 0 Å². The molecule has 1 aromatic rings. The Morgan fingerprint density at radius 2 is 2.00 bits per heavy atom. The Balaban J connectivity index is 2.89. The van der Waals surface area contributed by atoms with Crippen LogP contribution in [0.3, 0.4) is 0 Å². The number of hydrogen-bond donors (Lipinski definition) is 0. The van der Waals surface area contributed by atoms with E-state index in [1.165, 1.54) is 30.4 Å². The standard InChI is InChI=1S/C13H22N/c1-5-6-13-10-14(4)8-7-12(13)9-11(2)3/h7-8,10-11H,5-6,9H2,1-4H3/q+1. The van der Waals surface area contributed by atoms with Crippen LogP contribution in [0, 0.1) is 5.92 Å². The number of nitrogens with zero attached hydrogens (tertiary/aromatic N) is 1. The van der Waals surface area contributed by atoms with Crippen LogP contribution in [0.15, 0.2) is 18.5 Å². The lowest BCUT2D eigenvalue weighted by atomic mass is 9.97. The molecule has 1 rings (SSSR count). The smallest absolute Gasteiger partial charge is 0.171 e. The highest BCUT2D eigenvalue weighted by atomic mass is 14.9. The molecule has 1 heterocycles. The normalized spacial score (nSPS) is 10.9. The first kappa shape index (κ1) is 11.2. The predicted molar refractivity (Wildman–Crippen MR) is 60.2 cm³/mol. The van der Waals surface area contributed by atoms with E-state index in [0.717, 1.165) is 5.92 Å². The van der Waals surface area contributed by atoms with Crippen LogP contribution in [0.5, 0.6) is 0 Å². The summed E-state index contributed by atoms with van der Waals surface area (Å²) in [5.74, 6) is 0.748. The van der Waals surface area contributed by atoms with Crippen molar-refractivity contribution >= 4 is 0 Å². The van der Waals surface area contributed by atoms with Crippen LogP contribution in [0.25, 0.3) is 0 Å². The summed E-state index contributed by atoms with van der Waals surface area (Å²) in [6, 6.07) is 2.27. The number of rotatable bonds is 4. The molecule has 1 heteroatoms. The molecule has 0 aromatic carbocycles. The molecule has 0 spiro atoms. The predicted octanol–water partition coefficient (Wildman–Crippen LogP) is 2.66. The van der Waals surface area contributed by atoms with Gasteiger partial charge in [-0.15, -0.1) is 0 Å². The molecule has 0 radical (unpaired) electrons. The van der Waals surface area contributed by atoms with E-state index in [9.17, 15) is 0 Å². The van der Waals surface area contributed by atoms with Gasteiger partial charge in [-0.05, 0) is 24.3 Å². The Morgan fingerprint density at radius 1 is 1.29 bits per heavy atom. The van der Waals surface area contributed by atoms with Crippen molar-refractivity contribution in [2.24, 2.45) is 13.0 Å². The van der Waals surface area contributed by atoms with E-state index >= 15 is 0 Å². The minimum absolute atomic E-state index is 0.748. The third-order valence-electron chi connectivity index (χ3n) is 2.43. The zero-order valence-corrected chi connectivity index (χ0v) is 9.88. The van der Waals surface area contributed by atoms with Gasteiger partial charge in [0, 0.05) is 11.6 Å². The highest BCUT2D eigenvalue weighted by Gasteiger charge is 2.07. The molecule has 0 saturated heterocycles. The second-order valence-electron chi connectivity index (χ2n) is 4.51. The van der Waals surface area contributed by atoms with Crippen LogP contribution in [-0.4, -0.2) is 0 Å². The van der Waals surface area contributed by atoms with Gasteiger partial charge in [0.15, 0.2) is 12.4 Å². The van der Waals surface area contributed by atoms with Gasteiger partial charge < -0.3 is 0 Å². The van der Waals surface area contributed by atoms with Gasteiger partial charge in [0.1, 0.15) is 7.05 Å². The van der Waals surface area contributed by atoms with Gasteiger partial charge in [-0.2, -0.15) is 0 Å². The van der Waals surface area contributed by atoms with Gasteiger partial charge in [-0.1, -0.05) is 27.2 Å². The fourth-order valence-corrected chi connectivity index (χ4v) is 1.82. The first-order valence-electron chi connectivity index (χ1n) is 5.60. The minimum Gasteiger partial charge on any atom is -0.208 e. The summed E-state index contributed by atoms with van der Waals surface area (Å²) in [5, 5.41) is 0. The third-order valence-corrected chi connectivity index (χ3v) is 2.43. The maximum absolute atomic E-state index is 2.28. The maximum atomic E-state index is 2.28. The van der Waals surface area contributed by atoms with E-state index in [1.54, 1.807) is 0 Å². The summed E-state index contributed by atoms with van der Waals surface area (Å²) in [4.78, 5) is 0. The molecule has 0 unspecified atom stereocenters. The molecule has 0 atom stereocenters. The van der Waals surface area contributed by atoms with Gasteiger partial charge in [0.25, 0.3) is 0 Å². The molecule has 0 saturated carbocycles. The third kappa shape index (κ3) is 3.13. The highest BCUT2D eigenvalue weighted by Crippen LogP contribution is 2.13. The fourth-order valence-electron chi connectivity index (χ4n) is 1.82. The molecule has 0 N–H and O–H groups in total. The Morgan fingerprint density at radius 3 is 2.57 bits per heavy atom. The van der Waals surface area contributed by atoms with Crippen LogP contribution in [-0.2, 0) is 19.9 Å².